The van der Waals surface area contributed by atoms with Crippen LogP contribution in [0.1, 0.15) is 43.0 Å². The topological polar surface area (TPSA) is 55.8 Å². The van der Waals surface area contributed by atoms with Crippen LogP contribution in [0.25, 0.3) is 0 Å². The molecule has 0 saturated heterocycles. The van der Waals surface area contributed by atoms with Gasteiger partial charge in [-0.25, -0.2) is 4.79 Å². The number of ether oxygens (including phenoxy) is 2. The minimum absolute atomic E-state index is 0.0887. The summed E-state index contributed by atoms with van der Waals surface area (Å²) in [5.74, 6) is -0.254. The summed E-state index contributed by atoms with van der Waals surface area (Å²) in [5.41, 5.74) is -0.160. The van der Waals surface area contributed by atoms with Crippen molar-refractivity contribution in [2.75, 3.05) is 7.11 Å². The standard InChI is InChI=1S/C14H17ClO4/c1-14(5-3-4-6-14)19-12-10(15)7-9(13(16)17)8-11(12)18-2/h7-8H,3-6H2,1-2H3,(H,16,17). The molecule has 104 valence electrons. The van der Waals surface area contributed by atoms with E-state index >= 15 is 0 Å². The van der Waals surface area contributed by atoms with Crippen molar-refractivity contribution in [2.45, 2.75) is 38.2 Å². The van der Waals surface area contributed by atoms with Crippen LogP contribution in [0.5, 0.6) is 11.5 Å². The molecule has 2 rings (SSSR count). The van der Waals surface area contributed by atoms with Gasteiger partial charge < -0.3 is 14.6 Å². The van der Waals surface area contributed by atoms with Gasteiger partial charge in [-0.1, -0.05) is 11.6 Å². The maximum atomic E-state index is 11.0. The highest BCUT2D eigenvalue weighted by Crippen LogP contribution is 2.42. The maximum absolute atomic E-state index is 11.0. The number of aromatic carboxylic acids is 1. The lowest BCUT2D eigenvalue weighted by atomic mass is 10.1. The molecule has 0 aromatic heterocycles. The van der Waals surface area contributed by atoms with Gasteiger partial charge in [0.05, 0.1) is 17.7 Å². The molecule has 0 aliphatic heterocycles. The van der Waals surface area contributed by atoms with Crippen LogP contribution in [-0.4, -0.2) is 23.8 Å². The van der Waals surface area contributed by atoms with Crippen LogP contribution in [0.15, 0.2) is 12.1 Å². The van der Waals surface area contributed by atoms with Gasteiger partial charge in [0.1, 0.15) is 5.60 Å². The monoisotopic (exact) mass is 284 g/mol. The molecule has 1 saturated carbocycles. The molecule has 1 aliphatic carbocycles. The number of hydrogen-bond donors (Lipinski definition) is 1. The largest absolute Gasteiger partial charge is 0.493 e. The molecule has 4 nitrogen and oxygen atoms in total. The Morgan fingerprint density at radius 2 is 2.00 bits per heavy atom. The minimum Gasteiger partial charge on any atom is -0.493 e. The van der Waals surface area contributed by atoms with Gasteiger partial charge >= 0.3 is 5.97 Å². The van der Waals surface area contributed by atoms with E-state index in [-0.39, 0.29) is 16.2 Å². The van der Waals surface area contributed by atoms with E-state index in [1.807, 2.05) is 6.92 Å². The highest BCUT2D eigenvalue weighted by Gasteiger charge is 2.32. The van der Waals surface area contributed by atoms with Crippen LogP contribution < -0.4 is 9.47 Å². The van der Waals surface area contributed by atoms with Crippen molar-refractivity contribution in [3.05, 3.63) is 22.7 Å². The summed E-state index contributed by atoms with van der Waals surface area (Å²) in [6.07, 6.45) is 4.19. The Morgan fingerprint density at radius 3 is 2.53 bits per heavy atom. The molecule has 0 unspecified atom stereocenters. The molecule has 0 spiro atoms. The lowest BCUT2D eigenvalue weighted by molar-refractivity contribution is 0.0696. The molecule has 1 aromatic carbocycles. The molecule has 5 heteroatoms. The van der Waals surface area contributed by atoms with Crippen LogP contribution in [0, 0.1) is 0 Å². The second-order valence-electron chi connectivity index (χ2n) is 5.05. The van der Waals surface area contributed by atoms with E-state index in [1.54, 1.807) is 0 Å². The molecule has 0 radical (unpaired) electrons. The van der Waals surface area contributed by atoms with Crippen LogP contribution in [-0.2, 0) is 0 Å². The summed E-state index contributed by atoms with van der Waals surface area (Å²) >= 11 is 6.13. The number of rotatable bonds is 4. The molecule has 19 heavy (non-hydrogen) atoms. The van der Waals surface area contributed by atoms with Crippen molar-refractivity contribution in [1.29, 1.82) is 0 Å². The average Bonchev–Trinajstić information content (AvgIpc) is 2.78. The lowest BCUT2D eigenvalue weighted by Gasteiger charge is -2.27. The number of carboxylic acid groups (broad SMARTS) is 1. The summed E-state index contributed by atoms with van der Waals surface area (Å²) < 4.78 is 11.2. The zero-order chi connectivity index (χ0) is 14.0. The van der Waals surface area contributed by atoms with Gasteiger partial charge in [0.15, 0.2) is 11.5 Å². The summed E-state index contributed by atoms with van der Waals surface area (Å²) in [7, 11) is 1.47. The number of carbonyl (C=O) groups is 1. The maximum Gasteiger partial charge on any atom is 0.335 e. The number of benzene rings is 1. The molecule has 0 amide bonds. The van der Waals surface area contributed by atoms with Crippen molar-refractivity contribution >= 4 is 17.6 Å². The van der Waals surface area contributed by atoms with Crippen LogP contribution in [0.3, 0.4) is 0 Å². The zero-order valence-electron chi connectivity index (χ0n) is 11.0. The Morgan fingerprint density at radius 1 is 1.37 bits per heavy atom. The first-order valence-electron chi connectivity index (χ1n) is 6.25. The van der Waals surface area contributed by atoms with Gasteiger partial charge in [-0.05, 0) is 44.7 Å². The van der Waals surface area contributed by atoms with E-state index in [2.05, 4.69) is 0 Å². The summed E-state index contributed by atoms with van der Waals surface area (Å²) in [6, 6.07) is 2.82. The Balaban J connectivity index is 2.36. The summed E-state index contributed by atoms with van der Waals surface area (Å²) in [5, 5.41) is 9.27. The summed E-state index contributed by atoms with van der Waals surface area (Å²) in [4.78, 5) is 11.0. The fourth-order valence-electron chi connectivity index (χ4n) is 2.41. The van der Waals surface area contributed by atoms with Gasteiger partial charge in [0, 0.05) is 0 Å². The fraction of sp³-hybridized carbons (Fsp3) is 0.500. The van der Waals surface area contributed by atoms with E-state index < -0.39 is 5.97 Å². The van der Waals surface area contributed by atoms with Crippen molar-refractivity contribution in [1.82, 2.24) is 0 Å². The predicted octanol–water partition coefficient (Wildman–Crippen LogP) is 3.76. The van der Waals surface area contributed by atoms with E-state index in [9.17, 15) is 4.79 Å². The van der Waals surface area contributed by atoms with Crippen LogP contribution >= 0.6 is 11.6 Å². The Labute approximate surface area is 117 Å². The molecular weight excluding hydrogens is 268 g/mol. The first-order chi connectivity index (χ1) is 8.95. The molecule has 1 aliphatic rings. The highest BCUT2D eigenvalue weighted by molar-refractivity contribution is 6.32. The third-order valence-electron chi connectivity index (χ3n) is 3.49. The quantitative estimate of drug-likeness (QED) is 0.915. The summed E-state index contributed by atoms with van der Waals surface area (Å²) in [6.45, 7) is 2.04. The molecule has 1 fully saturated rings. The first-order valence-corrected chi connectivity index (χ1v) is 6.63. The van der Waals surface area contributed by atoms with Crippen molar-refractivity contribution < 1.29 is 19.4 Å². The third kappa shape index (κ3) is 2.95. The third-order valence-corrected chi connectivity index (χ3v) is 3.77. The SMILES string of the molecule is COc1cc(C(=O)O)cc(Cl)c1OC1(C)CCCC1. The predicted molar refractivity (Wildman–Crippen MR) is 72.5 cm³/mol. The van der Waals surface area contributed by atoms with E-state index in [0.717, 1.165) is 25.7 Å². The highest BCUT2D eigenvalue weighted by atomic mass is 35.5. The molecule has 1 aromatic rings. The van der Waals surface area contributed by atoms with Crippen molar-refractivity contribution in [2.24, 2.45) is 0 Å². The van der Waals surface area contributed by atoms with Gasteiger partial charge in [0.2, 0.25) is 0 Å². The van der Waals surface area contributed by atoms with Crippen LogP contribution in [0.2, 0.25) is 5.02 Å². The van der Waals surface area contributed by atoms with Crippen LogP contribution in [0.4, 0.5) is 0 Å². The smallest absolute Gasteiger partial charge is 0.335 e. The molecule has 0 atom stereocenters. The van der Waals surface area contributed by atoms with Gasteiger partial charge in [-0.2, -0.15) is 0 Å². The fourth-order valence-corrected chi connectivity index (χ4v) is 2.66. The number of halogens is 1. The normalized spacial score (nSPS) is 17.2. The molecule has 0 heterocycles. The molecule has 1 N–H and O–H groups in total. The van der Waals surface area contributed by atoms with E-state index in [1.165, 1.54) is 19.2 Å². The Kier molecular flexibility index (Phi) is 3.90. The average molecular weight is 285 g/mol. The second-order valence-corrected chi connectivity index (χ2v) is 5.46. The second kappa shape index (κ2) is 5.29. The lowest BCUT2D eigenvalue weighted by Crippen LogP contribution is -2.28. The van der Waals surface area contributed by atoms with Crippen molar-refractivity contribution in [3.8, 4) is 11.5 Å². The Hall–Kier alpha value is -1.42. The Bertz CT molecular complexity index is 492. The molecule has 0 bridgehead atoms. The van der Waals surface area contributed by atoms with E-state index in [4.69, 9.17) is 26.2 Å². The minimum atomic E-state index is -1.04. The van der Waals surface area contributed by atoms with Gasteiger partial charge in [-0.3, -0.25) is 0 Å². The molecular formula is C14H17ClO4. The van der Waals surface area contributed by atoms with Crippen molar-refractivity contribution in [3.63, 3.8) is 0 Å². The number of hydrogen-bond acceptors (Lipinski definition) is 3. The number of carboxylic acids is 1. The first kappa shape index (κ1) is 14.0. The van der Waals surface area contributed by atoms with Gasteiger partial charge in [-0.15, -0.1) is 0 Å². The zero-order valence-corrected chi connectivity index (χ0v) is 11.8. The number of methoxy groups -OCH3 is 1. The van der Waals surface area contributed by atoms with Gasteiger partial charge in [0.25, 0.3) is 0 Å². The van der Waals surface area contributed by atoms with E-state index in [0.29, 0.717) is 11.5 Å².